The molecule has 0 bridgehead atoms. The lowest BCUT2D eigenvalue weighted by atomic mass is 10.2. The summed E-state index contributed by atoms with van der Waals surface area (Å²) >= 11 is 0. The van der Waals surface area contributed by atoms with E-state index < -0.39 is 14.1 Å². The summed E-state index contributed by atoms with van der Waals surface area (Å²) in [5, 5.41) is 0.137. The first-order valence-corrected chi connectivity index (χ1v) is 10.2. The van der Waals surface area contributed by atoms with Gasteiger partial charge in [0, 0.05) is 24.1 Å². The third-order valence-corrected chi connectivity index (χ3v) is 8.83. The first kappa shape index (κ1) is 16.7. The molecule has 0 unspecified atom stereocenters. The summed E-state index contributed by atoms with van der Waals surface area (Å²) in [6.07, 6.45) is 3.49. The normalized spacial score (nSPS) is 12.6. The summed E-state index contributed by atoms with van der Waals surface area (Å²) in [4.78, 5) is 4.34. The molecule has 0 atom stereocenters. The Morgan fingerprint density at radius 3 is 2.59 bits per heavy atom. The zero-order chi connectivity index (χ0) is 16.5. The molecule has 0 amide bonds. The number of hydrogen-bond donors (Lipinski definition) is 1. The standard InChI is InChI=1S/C16H24FN3OSi/c1-16(2,3)22(4,5)21-11-15-19-8-9-20(15)12-6-7-14(18)13(17)10-12/h6-10H,11,18H2,1-5H3. The van der Waals surface area contributed by atoms with Crippen LogP contribution in [0.1, 0.15) is 26.6 Å². The van der Waals surface area contributed by atoms with Crippen LogP contribution in [0, 0.1) is 5.82 Å². The molecule has 1 aromatic heterocycles. The molecule has 120 valence electrons. The fraction of sp³-hybridized carbons (Fsp3) is 0.438. The fourth-order valence-electron chi connectivity index (χ4n) is 1.80. The first-order valence-electron chi connectivity index (χ1n) is 7.33. The van der Waals surface area contributed by atoms with Gasteiger partial charge in [-0.1, -0.05) is 20.8 Å². The van der Waals surface area contributed by atoms with Crippen LogP contribution in [0.15, 0.2) is 30.6 Å². The lowest BCUT2D eigenvalue weighted by molar-refractivity contribution is 0.265. The third-order valence-electron chi connectivity index (χ3n) is 4.35. The molecule has 2 aromatic rings. The summed E-state index contributed by atoms with van der Waals surface area (Å²) < 4.78 is 21.7. The van der Waals surface area contributed by atoms with Crippen LogP contribution in [0.25, 0.3) is 5.69 Å². The molecule has 0 spiro atoms. The molecule has 0 fully saturated rings. The second-order valence-corrected chi connectivity index (χ2v) is 11.8. The maximum atomic E-state index is 13.7. The molecule has 0 saturated heterocycles. The molecular formula is C16H24FN3OSi. The Bertz CT molecular complexity index is 662. The van der Waals surface area contributed by atoms with Gasteiger partial charge >= 0.3 is 0 Å². The van der Waals surface area contributed by atoms with E-state index in [1.165, 1.54) is 6.07 Å². The highest BCUT2D eigenvalue weighted by molar-refractivity contribution is 6.74. The quantitative estimate of drug-likeness (QED) is 0.681. The molecule has 4 nitrogen and oxygen atoms in total. The summed E-state index contributed by atoms with van der Waals surface area (Å²) in [6.45, 7) is 11.4. The number of imidazole rings is 1. The van der Waals surface area contributed by atoms with Gasteiger partial charge in [0.1, 0.15) is 11.6 Å². The minimum Gasteiger partial charge on any atom is -0.409 e. The number of aromatic nitrogens is 2. The van der Waals surface area contributed by atoms with Gasteiger partial charge in [0.05, 0.1) is 12.3 Å². The van der Waals surface area contributed by atoms with Crippen LogP contribution in [0.5, 0.6) is 0 Å². The number of anilines is 1. The van der Waals surface area contributed by atoms with E-state index in [-0.39, 0.29) is 10.7 Å². The molecule has 1 aromatic carbocycles. The molecule has 0 aliphatic carbocycles. The summed E-state index contributed by atoms with van der Waals surface area (Å²) in [5.74, 6) is 0.330. The molecule has 2 rings (SSSR count). The van der Waals surface area contributed by atoms with Crippen molar-refractivity contribution in [1.29, 1.82) is 0 Å². The first-order chi connectivity index (χ1) is 10.1. The van der Waals surface area contributed by atoms with Crippen molar-refractivity contribution >= 4 is 14.0 Å². The number of halogens is 1. The van der Waals surface area contributed by atoms with Crippen molar-refractivity contribution in [3.05, 3.63) is 42.2 Å². The predicted octanol–water partition coefficient (Wildman–Crippen LogP) is 4.12. The van der Waals surface area contributed by atoms with Crippen molar-refractivity contribution < 1.29 is 8.82 Å². The largest absolute Gasteiger partial charge is 0.409 e. The van der Waals surface area contributed by atoms with Crippen molar-refractivity contribution in [2.24, 2.45) is 0 Å². The molecule has 0 saturated carbocycles. The highest BCUT2D eigenvalue weighted by atomic mass is 28.4. The monoisotopic (exact) mass is 321 g/mol. The predicted molar refractivity (Wildman–Crippen MR) is 89.9 cm³/mol. The van der Waals surface area contributed by atoms with Gasteiger partial charge in [-0.2, -0.15) is 0 Å². The Morgan fingerprint density at radius 2 is 2.00 bits per heavy atom. The van der Waals surface area contributed by atoms with Crippen LogP contribution in [0.3, 0.4) is 0 Å². The number of hydrogen-bond acceptors (Lipinski definition) is 3. The van der Waals surface area contributed by atoms with Gasteiger partial charge in [0.15, 0.2) is 8.32 Å². The van der Waals surface area contributed by atoms with Gasteiger partial charge < -0.3 is 14.7 Å². The highest BCUT2D eigenvalue weighted by Gasteiger charge is 2.37. The molecule has 0 aliphatic rings. The zero-order valence-electron chi connectivity index (χ0n) is 13.9. The number of nitrogens with zero attached hydrogens (tertiary/aromatic N) is 2. The minimum absolute atomic E-state index is 0.137. The number of nitrogens with two attached hydrogens (primary N) is 1. The van der Waals surface area contributed by atoms with Crippen molar-refractivity contribution in [1.82, 2.24) is 9.55 Å². The molecule has 1 heterocycles. The van der Waals surface area contributed by atoms with Crippen molar-refractivity contribution in [2.75, 3.05) is 5.73 Å². The summed E-state index contributed by atoms with van der Waals surface area (Å²) in [7, 11) is -1.85. The van der Waals surface area contributed by atoms with Crippen molar-refractivity contribution in [2.45, 2.75) is 45.5 Å². The lowest BCUT2D eigenvalue weighted by Crippen LogP contribution is -2.40. The van der Waals surface area contributed by atoms with Gasteiger partial charge in [-0.25, -0.2) is 9.37 Å². The van der Waals surface area contributed by atoms with Crippen LogP contribution in [0.4, 0.5) is 10.1 Å². The van der Waals surface area contributed by atoms with Crippen molar-refractivity contribution in [3.8, 4) is 5.69 Å². The zero-order valence-corrected chi connectivity index (χ0v) is 14.9. The van der Waals surface area contributed by atoms with Crippen LogP contribution in [0.2, 0.25) is 18.1 Å². The van der Waals surface area contributed by atoms with Gasteiger partial charge in [-0.15, -0.1) is 0 Å². The van der Waals surface area contributed by atoms with Gasteiger partial charge in [0.2, 0.25) is 0 Å². The number of benzene rings is 1. The van der Waals surface area contributed by atoms with E-state index >= 15 is 0 Å². The average molecular weight is 321 g/mol. The Kier molecular flexibility index (Phi) is 4.44. The van der Waals surface area contributed by atoms with Crippen LogP contribution in [-0.4, -0.2) is 17.9 Å². The van der Waals surface area contributed by atoms with Gasteiger partial charge in [0.25, 0.3) is 0 Å². The minimum atomic E-state index is -1.85. The molecule has 0 aliphatic heterocycles. The second kappa shape index (κ2) is 5.85. The van der Waals surface area contributed by atoms with E-state index in [1.54, 1.807) is 24.5 Å². The van der Waals surface area contributed by atoms with E-state index in [0.717, 1.165) is 5.82 Å². The molecule has 6 heteroatoms. The Hall–Kier alpha value is -1.66. The average Bonchev–Trinajstić information content (AvgIpc) is 2.87. The Balaban J connectivity index is 2.22. The molecule has 2 N–H and O–H groups in total. The van der Waals surface area contributed by atoms with Crippen LogP contribution in [-0.2, 0) is 11.0 Å². The van der Waals surface area contributed by atoms with Gasteiger partial charge in [-0.3, -0.25) is 0 Å². The van der Waals surface area contributed by atoms with E-state index in [1.807, 2.05) is 4.57 Å². The lowest BCUT2D eigenvalue weighted by Gasteiger charge is -2.36. The molecule has 22 heavy (non-hydrogen) atoms. The van der Waals surface area contributed by atoms with Crippen molar-refractivity contribution in [3.63, 3.8) is 0 Å². The number of rotatable bonds is 4. The van der Waals surface area contributed by atoms with Crippen LogP contribution < -0.4 is 5.73 Å². The van der Waals surface area contributed by atoms with E-state index in [4.69, 9.17) is 10.2 Å². The molecule has 0 radical (unpaired) electrons. The second-order valence-electron chi connectivity index (χ2n) is 6.97. The summed E-state index contributed by atoms with van der Waals surface area (Å²) in [5.41, 5.74) is 6.36. The number of nitrogen functional groups attached to an aromatic ring is 1. The van der Waals surface area contributed by atoms with Crippen LogP contribution >= 0.6 is 0 Å². The maximum absolute atomic E-state index is 13.7. The van der Waals surface area contributed by atoms with Gasteiger partial charge in [-0.05, 0) is 30.3 Å². The van der Waals surface area contributed by atoms with E-state index in [0.29, 0.717) is 12.3 Å². The Labute approximate surface area is 132 Å². The fourth-order valence-corrected chi connectivity index (χ4v) is 2.73. The summed E-state index contributed by atoms with van der Waals surface area (Å²) in [6, 6.07) is 4.74. The SMILES string of the molecule is CC(C)(C)[Si](C)(C)OCc1nccn1-c1ccc(N)c(F)c1. The smallest absolute Gasteiger partial charge is 0.192 e. The van der Waals surface area contributed by atoms with E-state index in [9.17, 15) is 4.39 Å². The Morgan fingerprint density at radius 1 is 1.32 bits per heavy atom. The molecular weight excluding hydrogens is 297 g/mol. The maximum Gasteiger partial charge on any atom is 0.192 e. The van der Waals surface area contributed by atoms with E-state index in [2.05, 4.69) is 38.8 Å². The third kappa shape index (κ3) is 3.39. The highest BCUT2D eigenvalue weighted by Crippen LogP contribution is 2.37. The topological polar surface area (TPSA) is 53.1 Å².